The Morgan fingerprint density at radius 1 is 1.00 bits per heavy atom. The van der Waals surface area contributed by atoms with Crippen LogP contribution in [0.1, 0.15) is 70.6 Å². The third kappa shape index (κ3) is 3.15. The van der Waals surface area contributed by atoms with Crippen LogP contribution in [0.4, 0.5) is 0 Å². The summed E-state index contributed by atoms with van der Waals surface area (Å²) < 4.78 is 5.10. The van der Waals surface area contributed by atoms with E-state index >= 15 is 0 Å². The van der Waals surface area contributed by atoms with Gasteiger partial charge in [0, 0.05) is 19.8 Å². The molecular weight excluding hydrogens is 220 g/mol. The fourth-order valence-electron chi connectivity index (χ4n) is 2.90. The first kappa shape index (κ1) is 15.3. The van der Waals surface area contributed by atoms with Gasteiger partial charge in [0.25, 0.3) is 5.82 Å². The van der Waals surface area contributed by atoms with Crippen molar-refractivity contribution in [1.29, 1.82) is 0 Å². The van der Waals surface area contributed by atoms with Gasteiger partial charge in [-0.3, -0.25) is 0 Å². The van der Waals surface area contributed by atoms with Gasteiger partial charge < -0.3 is 0 Å². The second kappa shape index (κ2) is 7.60. The molecule has 0 atom stereocenters. The standard InChI is InChI=1S/C16H31N2/c1-6-10-12-16-15(8-3)18(13-11-7-2)14(5)17(16)9-4/h6-13H2,1-5H3/q+1. The summed E-state index contributed by atoms with van der Waals surface area (Å²) in [6, 6.07) is 0. The van der Waals surface area contributed by atoms with Gasteiger partial charge in [-0.05, 0) is 19.8 Å². The van der Waals surface area contributed by atoms with Gasteiger partial charge in [0.05, 0.1) is 13.1 Å². The molecule has 0 unspecified atom stereocenters. The summed E-state index contributed by atoms with van der Waals surface area (Å²) >= 11 is 0. The Balaban J connectivity index is 3.12. The lowest BCUT2D eigenvalue weighted by Crippen LogP contribution is -2.39. The summed E-state index contributed by atoms with van der Waals surface area (Å²) in [6.07, 6.45) is 7.57. The first-order valence-electron chi connectivity index (χ1n) is 7.81. The fraction of sp³-hybridized carbons (Fsp3) is 0.812. The molecular formula is C16H31N2+. The van der Waals surface area contributed by atoms with E-state index in [2.05, 4.69) is 43.8 Å². The normalized spacial score (nSPS) is 11.2. The van der Waals surface area contributed by atoms with Gasteiger partial charge in [-0.25, -0.2) is 9.13 Å². The number of rotatable bonds is 8. The summed E-state index contributed by atoms with van der Waals surface area (Å²) in [4.78, 5) is 0. The molecule has 0 aliphatic carbocycles. The van der Waals surface area contributed by atoms with E-state index in [1.165, 1.54) is 44.5 Å². The SMILES string of the molecule is CCCCc1c(CC)[n+](CCCC)c(C)n1CC. The van der Waals surface area contributed by atoms with Crippen molar-refractivity contribution in [2.45, 2.75) is 86.2 Å². The summed E-state index contributed by atoms with van der Waals surface area (Å²) in [5.74, 6) is 1.45. The Morgan fingerprint density at radius 2 is 1.67 bits per heavy atom. The topological polar surface area (TPSA) is 8.81 Å². The average Bonchev–Trinajstić information content (AvgIpc) is 2.65. The number of aromatic nitrogens is 2. The first-order valence-corrected chi connectivity index (χ1v) is 7.81. The van der Waals surface area contributed by atoms with Crippen LogP contribution in [0, 0.1) is 6.92 Å². The maximum atomic E-state index is 2.57. The number of hydrogen-bond acceptors (Lipinski definition) is 0. The molecule has 1 aromatic heterocycles. The molecule has 104 valence electrons. The minimum Gasteiger partial charge on any atom is -0.232 e. The Labute approximate surface area is 113 Å². The monoisotopic (exact) mass is 251 g/mol. The maximum Gasteiger partial charge on any atom is 0.253 e. The third-order valence-corrected chi connectivity index (χ3v) is 3.92. The predicted molar refractivity (Wildman–Crippen MR) is 77.9 cm³/mol. The van der Waals surface area contributed by atoms with E-state index < -0.39 is 0 Å². The molecule has 18 heavy (non-hydrogen) atoms. The molecule has 0 saturated carbocycles. The van der Waals surface area contributed by atoms with Crippen molar-refractivity contribution in [3.05, 3.63) is 17.2 Å². The van der Waals surface area contributed by atoms with Crippen LogP contribution in [0.2, 0.25) is 0 Å². The molecule has 0 radical (unpaired) electrons. The molecule has 0 bridgehead atoms. The van der Waals surface area contributed by atoms with E-state index in [1.54, 1.807) is 11.4 Å². The van der Waals surface area contributed by atoms with E-state index in [0.29, 0.717) is 0 Å². The summed E-state index contributed by atoms with van der Waals surface area (Å²) in [5, 5.41) is 0. The molecule has 1 aromatic rings. The Kier molecular flexibility index (Phi) is 6.45. The Morgan fingerprint density at radius 3 is 2.17 bits per heavy atom. The number of imidazole rings is 1. The zero-order valence-electron chi connectivity index (χ0n) is 13.1. The highest BCUT2D eigenvalue weighted by atomic mass is 15.2. The average molecular weight is 251 g/mol. The molecule has 0 fully saturated rings. The van der Waals surface area contributed by atoms with Gasteiger partial charge >= 0.3 is 0 Å². The molecule has 0 aliphatic heterocycles. The van der Waals surface area contributed by atoms with Crippen molar-refractivity contribution in [2.24, 2.45) is 0 Å². The van der Waals surface area contributed by atoms with Gasteiger partial charge in [0.15, 0.2) is 0 Å². The van der Waals surface area contributed by atoms with Crippen LogP contribution in [0.25, 0.3) is 0 Å². The first-order chi connectivity index (χ1) is 8.71. The number of nitrogens with zero attached hydrogens (tertiary/aromatic N) is 2. The highest BCUT2D eigenvalue weighted by molar-refractivity contribution is 5.11. The highest BCUT2D eigenvalue weighted by Gasteiger charge is 2.24. The molecule has 0 saturated heterocycles. The fourth-order valence-corrected chi connectivity index (χ4v) is 2.90. The number of unbranched alkanes of at least 4 members (excludes halogenated alkanes) is 2. The zero-order chi connectivity index (χ0) is 13.5. The lowest BCUT2D eigenvalue weighted by atomic mass is 10.1. The van der Waals surface area contributed by atoms with E-state index in [4.69, 9.17) is 0 Å². The molecule has 0 aliphatic rings. The molecule has 2 nitrogen and oxygen atoms in total. The molecule has 0 aromatic carbocycles. The zero-order valence-corrected chi connectivity index (χ0v) is 13.1. The largest absolute Gasteiger partial charge is 0.253 e. The third-order valence-electron chi connectivity index (χ3n) is 3.92. The van der Waals surface area contributed by atoms with Crippen molar-refractivity contribution >= 4 is 0 Å². The molecule has 1 heterocycles. The Bertz CT molecular complexity index is 364. The van der Waals surface area contributed by atoms with Crippen molar-refractivity contribution in [2.75, 3.05) is 0 Å². The Hall–Kier alpha value is -0.790. The minimum absolute atomic E-state index is 1.11. The lowest BCUT2D eigenvalue weighted by molar-refractivity contribution is -0.709. The van der Waals surface area contributed by atoms with E-state index in [0.717, 1.165) is 13.0 Å². The second-order valence-corrected chi connectivity index (χ2v) is 5.15. The van der Waals surface area contributed by atoms with E-state index in [-0.39, 0.29) is 0 Å². The van der Waals surface area contributed by atoms with Crippen LogP contribution in [-0.2, 0) is 25.9 Å². The van der Waals surface area contributed by atoms with E-state index in [9.17, 15) is 0 Å². The van der Waals surface area contributed by atoms with Gasteiger partial charge in [-0.2, -0.15) is 0 Å². The predicted octanol–water partition coefficient (Wildman–Crippen LogP) is 3.81. The van der Waals surface area contributed by atoms with Crippen molar-refractivity contribution in [3.8, 4) is 0 Å². The van der Waals surface area contributed by atoms with Crippen molar-refractivity contribution in [1.82, 2.24) is 4.57 Å². The van der Waals surface area contributed by atoms with Crippen LogP contribution >= 0.6 is 0 Å². The van der Waals surface area contributed by atoms with Crippen LogP contribution in [-0.4, -0.2) is 4.57 Å². The molecule has 0 N–H and O–H groups in total. The van der Waals surface area contributed by atoms with Crippen molar-refractivity contribution in [3.63, 3.8) is 0 Å². The smallest absolute Gasteiger partial charge is 0.232 e. The van der Waals surface area contributed by atoms with Gasteiger partial charge in [0.2, 0.25) is 0 Å². The van der Waals surface area contributed by atoms with Crippen LogP contribution in [0.5, 0.6) is 0 Å². The van der Waals surface area contributed by atoms with Gasteiger partial charge in [-0.15, -0.1) is 0 Å². The van der Waals surface area contributed by atoms with Crippen molar-refractivity contribution < 1.29 is 4.57 Å². The van der Waals surface area contributed by atoms with E-state index in [1.807, 2.05) is 0 Å². The summed E-state index contributed by atoms with van der Waals surface area (Å²) in [7, 11) is 0. The molecule has 0 spiro atoms. The summed E-state index contributed by atoms with van der Waals surface area (Å²) in [6.45, 7) is 13.7. The lowest BCUT2D eigenvalue weighted by Gasteiger charge is -2.01. The van der Waals surface area contributed by atoms with Gasteiger partial charge in [-0.1, -0.05) is 33.6 Å². The quantitative estimate of drug-likeness (QED) is 0.621. The molecule has 2 heteroatoms. The maximum absolute atomic E-state index is 2.57. The highest BCUT2D eigenvalue weighted by Crippen LogP contribution is 2.14. The van der Waals surface area contributed by atoms with Gasteiger partial charge in [0.1, 0.15) is 11.4 Å². The van der Waals surface area contributed by atoms with Crippen LogP contribution in [0.3, 0.4) is 0 Å². The second-order valence-electron chi connectivity index (χ2n) is 5.15. The molecule has 0 amide bonds. The minimum atomic E-state index is 1.11. The number of hydrogen-bond donors (Lipinski definition) is 0. The van der Waals surface area contributed by atoms with Crippen LogP contribution < -0.4 is 4.57 Å². The molecule has 1 rings (SSSR count). The van der Waals surface area contributed by atoms with Crippen LogP contribution in [0.15, 0.2) is 0 Å². The summed E-state index contributed by atoms with van der Waals surface area (Å²) in [5.41, 5.74) is 3.17.